The van der Waals surface area contributed by atoms with Crippen molar-refractivity contribution in [3.05, 3.63) is 47.5 Å². The third kappa shape index (κ3) is 3.42. The number of nitrogens with one attached hydrogen (secondary N) is 1. The molecule has 0 fully saturated rings. The Hall–Kier alpha value is -2.10. The first kappa shape index (κ1) is 18.7. The Labute approximate surface area is 153 Å². The van der Waals surface area contributed by atoms with Crippen LogP contribution in [0.4, 0.5) is 5.69 Å². The molecule has 0 aromatic heterocycles. The molecule has 0 radical (unpaired) electrons. The van der Waals surface area contributed by atoms with Gasteiger partial charge in [0.25, 0.3) is 10.0 Å². The van der Waals surface area contributed by atoms with Crippen LogP contribution < -0.4 is 9.46 Å². The molecule has 0 bridgehead atoms. The summed E-state index contributed by atoms with van der Waals surface area (Å²) < 4.78 is 59.0. The fourth-order valence-corrected chi connectivity index (χ4v) is 4.72. The Morgan fingerprint density at radius 3 is 2.38 bits per heavy atom. The maximum absolute atomic E-state index is 12.7. The third-order valence-corrected chi connectivity index (χ3v) is 7.38. The maximum atomic E-state index is 12.7. The minimum absolute atomic E-state index is 0.0214. The van der Waals surface area contributed by atoms with E-state index in [2.05, 4.69) is 4.72 Å². The topological polar surface area (TPSA) is 92.8 Å². The summed E-state index contributed by atoms with van der Waals surface area (Å²) in [5, 5.41) is 0. The molecule has 140 valence electrons. The molecule has 0 unspecified atom stereocenters. The van der Waals surface area contributed by atoms with Crippen molar-refractivity contribution in [2.75, 3.05) is 25.4 Å². The van der Waals surface area contributed by atoms with Gasteiger partial charge in [-0.25, -0.2) is 21.1 Å². The van der Waals surface area contributed by atoms with Gasteiger partial charge in [0.1, 0.15) is 5.75 Å². The smallest absolute Gasteiger partial charge is 0.261 e. The van der Waals surface area contributed by atoms with E-state index in [-0.39, 0.29) is 15.5 Å². The van der Waals surface area contributed by atoms with Gasteiger partial charge in [-0.2, -0.15) is 0 Å². The summed E-state index contributed by atoms with van der Waals surface area (Å²) in [5.41, 5.74) is 1.69. The predicted octanol–water partition coefficient (Wildman–Crippen LogP) is 1.98. The second-order valence-corrected chi connectivity index (χ2v) is 10.1. The van der Waals surface area contributed by atoms with Crippen LogP contribution in [0.15, 0.2) is 46.2 Å². The van der Waals surface area contributed by atoms with Gasteiger partial charge < -0.3 is 4.74 Å². The summed E-state index contributed by atoms with van der Waals surface area (Å²) >= 11 is 0. The number of ether oxygens (including phenoxy) is 1. The standard InChI is InChI=1S/C17H20N2O5S2/c1-12-4-5-15(26(22,23)19(2)3)11-16(12)18-25(20,21)14-6-7-17-13(10-14)8-9-24-17/h4-7,10-11,18H,8-9H2,1-3H3. The van der Waals surface area contributed by atoms with Crippen LogP contribution in [-0.4, -0.2) is 41.8 Å². The highest BCUT2D eigenvalue weighted by molar-refractivity contribution is 7.92. The van der Waals surface area contributed by atoms with E-state index >= 15 is 0 Å². The zero-order valence-corrected chi connectivity index (χ0v) is 16.3. The predicted molar refractivity (Wildman–Crippen MR) is 98.5 cm³/mol. The normalized spacial score (nSPS) is 14.2. The third-order valence-electron chi connectivity index (χ3n) is 4.20. The quantitative estimate of drug-likeness (QED) is 0.834. The van der Waals surface area contributed by atoms with Crippen LogP contribution in [0.1, 0.15) is 11.1 Å². The van der Waals surface area contributed by atoms with Crippen molar-refractivity contribution in [2.24, 2.45) is 0 Å². The van der Waals surface area contributed by atoms with E-state index < -0.39 is 20.0 Å². The molecule has 0 atom stereocenters. The zero-order valence-electron chi connectivity index (χ0n) is 14.7. The second kappa shape index (κ2) is 6.57. The summed E-state index contributed by atoms with van der Waals surface area (Å²) in [6.07, 6.45) is 0.661. The average molecular weight is 396 g/mol. The van der Waals surface area contributed by atoms with Gasteiger partial charge in [0.2, 0.25) is 10.0 Å². The molecule has 1 aliphatic rings. The van der Waals surface area contributed by atoms with Gasteiger partial charge in [-0.3, -0.25) is 4.72 Å². The molecule has 26 heavy (non-hydrogen) atoms. The van der Waals surface area contributed by atoms with Crippen LogP contribution in [0.5, 0.6) is 5.75 Å². The molecule has 3 rings (SSSR count). The van der Waals surface area contributed by atoms with Crippen molar-refractivity contribution in [2.45, 2.75) is 23.1 Å². The molecular formula is C17H20N2O5S2. The molecule has 0 saturated carbocycles. The van der Waals surface area contributed by atoms with Crippen LogP contribution in [0.3, 0.4) is 0 Å². The number of nitrogens with zero attached hydrogens (tertiary/aromatic N) is 1. The van der Waals surface area contributed by atoms with E-state index in [1.807, 2.05) is 0 Å². The van der Waals surface area contributed by atoms with Crippen molar-refractivity contribution in [3.8, 4) is 5.75 Å². The van der Waals surface area contributed by atoms with E-state index in [0.717, 1.165) is 9.87 Å². The highest BCUT2D eigenvalue weighted by Gasteiger charge is 2.22. The molecule has 9 heteroatoms. The lowest BCUT2D eigenvalue weighted by Gasteiger charge is -2.15. The van der Waals surface area contributed by atoms with Gasteiger partial charge in [-0.15, -0.1) is 0 Å². The average Bonchev–Trinajstić information content (AvgIpc) is 3.04. The molecular weight excluding hydrogens is 376 g/mol. The summed E-state index contributed by atoms with van der Waals surface area (Å²) in [4.78, 5) is 0.134. The fourth-order valence-electron chi connectivity index (χ4n) is 2.62. The van der Waals surface area contributed by atoms with Crippen LogP contribution >= 0.6 is 0 Å². The maximum Gasteiger partial charge on any atom is 0.261 e. The number of hydrogen-bond acceptors (Lipinski definition) is 5. The summed E-state index contributed by atoms with van der Waals surface area (Å²) in [7, 11) is -4.67. The molecule has 7 nitrogen and oxygen atoms in total. The molecule has 1 aliphatic heterocycles. The van der Waals surface area contributed by atoms with E-state index in [9.17, 15) is 16.8 Å². The number of aryl methyl sites for hydroxylation is 1. The fraction of sp³-hybridized carbons (Fsp3) is 0.294. The van der Waals surface area contributed by atoms with Crippen molar-refractivity contribution in [1.82, 2.24) is 4.31 Å². The molecule has 1 N–H and O–H groups in total. The molecule has 0 aliphatic carbocycles. The van der Waals surface area contributed by atoms with Crippen molar-refractivity contribution >= 4 is 25.7 Å². The van der Waals surface area contributed by atoms with E-state index in [0.29, 0.717) is 24.3 Å². The van der Waals surface area contributed by atoms with E-state index in [1.54, 1.807) is 25.1 Å². The van der Waals surface area contributed by atoms with Gasteiger partial charge in [-0.05, 0) is 48.4 Å². The van der Waals surface area contributed by atoms with Crippen LogP contribution in [0.2, 0.25) is 0 Å². The molecule has 0 spiro atoms. The Balaban J connectivity index is 1.97. The van der Waals surface area contributed by atoms with Gasteiger partial charge in [0.15, 0.2) is 0 Å². The first-order valence-corrected chi connectivity index (χ1v) is 10.9. The van der Waals surface area contributed by atoms with Crippen molar-refractivity contribution < 1.29 is 21.6 Å². The van der Waals surface area contributed by atoms with E-state index in [4.69, 9.17) is 4.74 Å². The summed E-state index contributed by atoms with van der Waals surface area (Å²) in [6.45, 7) is 2.25. The van der Waals surface area contributed by atoms with Gasteiger partial charge in [-0.1, -0.05) is 6.07 Å². The molecule has 2 aromatic rings. The van der Waals surface area contributed by atoms with Crippen molar-refractivity contribution in [1.29, 1.82) is 0 Å². The van der Waals surface area contributed by atoms with Crippen LogP contribution in [0.25, 0.3) is 0 Å². The number of anilines is 1. The Kier molecular flexibility index (Phi) is 4.72. The lowest BCUT2D eigenvalue weighted by atomic mass is 10.2. The van der Waals surface area contributed by atoms with Gasteiger partial charge in [0.05, 0.1) is 22.1 Å². The van der Waals surface area contributed by atoms with Gasteiger partial charge >= 0.3 is 0 Å². The Morgan fingerprint density at radius 1 is 1.00 bits per heavy atom. The zero-order chi connectivity index (χ0) is 19.1. The number of fused-ring (bicyclic) bond motifs is 1. The summed E-state index contributed by atoms with van der Waals surface area (Å²) in [5.74, 6) is 0.694. The molecule has 0 amide bonds. The SMILES string of the molecule is Cc1ccc(S(=O)(=O)N(C)C)cc1NS(=O)(=O)c1ccc2c(c1)CCO2. The number of rotatable bonds is 5. The van der Waals surface area contributed by atoms with E-state index in [1.165, 1.54) is 32.3 Å². The highest BCUT2D eigenvalue weighted by atomic mass is 32.2. The minimum atomic E-state index is -3.85. The summed E-state index contributed by atoms with van der Waals surface area (Å²) in [6, 6.07) is 9.05. The van der Waals surface area contributed by atoms with Gasteiger partial charge in [0, 0.05) is 20.5 Å². The lowest BCUT2D eigenvalue weighted by molar-refractivity contribution is 0.356. The molecule has 1 heterocycles. The first-order chi connectivity index (χ1) is 12.1. The largest absolute Gasteiger partial charge is 0.493 e. The molecule has 0 saturated heterocycles. The Morgan fingerprint density at radius 2 is 1.69 bits per heavy atom. The van der Waals surface area contributed by atoms with Crippen LogP contribution in [0, 0.1) is 6.92 Å². The minimum Gasteiger partial charge on any atom is -0.493 e. The van der Waals surface area contributed by atoms with Crippen LogP contribution in [-0.2, 0) is 26.5 Å². The first-order valence-electron chi connectivity index (χ1n) is 7.93. The molecule has 2 aromatic carbocycles. The number of sulfonamides is 2. The number of benzene rings is 2. The Bertz CT molecular complexity index is 1060. The lowest BCUT2D eigenvalue weighted by Crippen LogP contribution is -2.22. The monoisotopic (exact) mass is 396 g/mol. The second-order valence-electron chi connectivity index (χ2n) is 6.24. The van der Waals surface area contributed by atoms with Crippen molar-refractivity contribution in [3.63, 3.8) is 0 Å². The highest BCUT2D eigenvalue weighted by Crippen LogP contribution is 2.29. The number of hydrogen-bond donors (Lipinski definition) is 1.